The largest absolute Gasteiger partial charge is 0.300 e. The SMILES string of the molecule is CCCN(CCC(C)(C)C)C1CCC1. The van der Waals surface area contributed by atoms with Crippen LogP contribution in [0.3, 0.4) is 0 Å². The Morgan fingerprint density at radius 3 is 2.14 bits per heavy atom. The maximum Gasteiger partial charge on any atom is 0.00952 e. The highest BCUT2D eigenvalue weighted by Crippen LogP contribution is 2.27. The van der Waals surface area contributed by atoms with E-state index >= 15 is 0 Å². The molecule has 0 N–H and O–H groups in total. The van der Waals surface area contributed by atoms with Gasteiger partial charge in [-0.1, -0.05) is 34.1 Å². The number of hydrogen-bond donors (Lipinski definition) is 0. The van der Waals surface area contributed by atoms with Crippen molar-refractivity contribution in [2.24, 2.45) is 5.41 Å². The van der Waals surface area contributed by atoms with E-state index in [2.05, 4.69) is 32.6 Å². The molecule has 0 unspecified atom stereocenters. The molecule has 1 rings (SSSR count). The van der Waals surface area contributed by atoms with Gasteiger partial charge in [0.15, 0.2) is 0 Å². The first-order valence-corrected chi connectivity index (χ1v) is 6.27. The van der Waals surface area contributed by atoms with Gasteiger partial charge in [-0.2, -0.15) is 0 Å². The normalized spacial score (nSPS) is 18.6. The predicted molar refractivity (Wildman–Crippen MR) is 63.6 cm³/mol. The van der Waals surface area contributed by atoms with Crippen molar-refractivity contribution in [2.45, 2.75) is 65.8 Å². The minimum Gasteiger partial charge on any atom is -0.300 e. The summed E-state index contributed by atoms with van der Waals surface area (Å²) >= 11 is 0. The molecular weight excluding hydrogens is 170 g/mol. The Labute approximate surface area is 89.9 Å². The van der Waals surface area contributed by atoms with Crippen LogP contribution in [0.5, 0.6) is 0 Å². The van der Waals surface area contributed by atoms with Crippen LogP contribution in [0.4, 0.5) is 0 Å². The highest BCUT2D eigenvalue weighted by molar-refractivity contribution is 4.80. The third-order valence-electron chi connectivity index (χ3n) is 3.25. The molecule has 0 amide bonds. The second-order valence-corrected chi connectivity index (χ2v) is 5.93. The molecule has 1 heteroatoms. The quantitative estimate of drug-likeness (QED) is 0.650. The zero-order chi connectivity index (χ0) is 10.6. The predicted octanol–water partition coefficient (Wildman–Crippen LogP) is 3.69. The maximum absolute atomic E-state index is 2.72. The Balaban J connectivity index is 2.27. The third-order valence-corrected chi connectivity index (χ3v) is 3.25. The van der Waals surface area contributed by atoms with Crippen molar-refractivity contribution < 1.29 is 0 Å². The molecule has 84 valence electrons. The molecule has 0 atom stereocenters. The zero-order valence-electron chi connectivity index (χ0n) is 10.5. The van der Waals surface area contributed by atoms with E-state index in [0.717, 1.165) is 6.04 Å². The van der Waals surface area contributed by atoms with Crippen LogP contribution in [0.15, 0.2) is 0 Å². The third kappa shape index (κ3) is 4.00. The lowest BCUT2D eigenvalue weighted by atomic mass is 9.88. The van der Waals surface area contributed by atoms with E-state index in [0.29, 0.717) is 5.41 Å². The fourth-order valence-electron chi connectivity index (χ4n) is 2.00. The van der Waals surface area contributed by atoms with Gasteiger partial charge in [-0.3, -0.25) is 0 Å². The van der Waals surface area contributed by atoms with Gasteiger partial charge in [0.1, 0.15) is 0 Å². The summed E-state index contributed by atoms with van der Waals surface area (Å²) in [6, 6.07) is 0.928. The van der Waals surface area contributed by atoms with Crippen LogP contribution in [0.2, 0.25) is 0 Å². The molecule has 0 heterocycles. The number of hydrogen-bond acceptors (Lipinski definition) is 1. The first kappa shape index (κ1) is 12.0. The molecule has 1 aliphatic carbocycles. The summed E-state index contributed by atoms with van der Waals surface area (Å²) in [5.41, 5.74) is 0.496. The number of rotatable bonds is 5. The lowest BCUT2D eigenvalue weighted by molar-refractivity contribution is 0.112. The van der Waals surface area contributed by atoms with Crippen LogP contribution >= 0.6 is 0 Å². The minimum atomic E-state index is 0.496. The van der Waals surface area contributed by atoms with Crippen molar-refractivity contribution in [3.8, 4) is 0 Å². The molecular formula is C13H27N. The Kier molecular flexibility index (Phi) is 4.43. The molecule has 0 saturated heterocycles. The fraction of sp³-hybridized carbons (Fsp3) is 1.00. The van der Waals surface area contributed by atoms with E-state index in [9.17, 15) is 0 Å². The van der Waals surface area contributed by atoms with Gasteiger partial charge >= 0.3 is 0 Å². The van der Waals surface area contributed by atoms with Crippen molar-refractivity contribution in [3.63, 3.8) is 0 Å². The lowest BCUT2D eigenvalue weighted by Gasteiger charge is -2.38. The van der Waals surface area contributed by atoms with Crippen LogP contribution in [0.25, 0.3) is 0 Å². The molecule has 1 saturated carbocycles. The molecule has 0 bridgehead atoms. The van der Waals surface area contributed by atoms with Crippen LogP contribution in [-0.4, -0.2) is 24.0 Å². The van der Waals surface area contributed by atoms with E-state index in [-0.39, 0.29) is 0 Å². The Morgan fingerprint density at radius 2 is 1.79 bits per heavy atom. The Bertz CT molecular complexity index is 153. The molecule has 1 fully saturated rings. The van der Waals surface area contributed by atoms with Crippen molar-refractivity contribution >= 4 is 0 Å². The van der Waals surface area contributed by atoms with Gasteiger partial charge in [-0.05, 0) is 44.2 Å². The second-order valence-electron chi connectivity index (χ2n) is 5.93. The molecule has 0 aromatic heterocycles. The number of nitrogens with zero attached hydrogens (tertiary/aromatic N) is 1. The van der Waals surface area contributed by atoms with Gasteiger partial charge in [-0.15, -0.1) is 0 Å². The summed E-state index contributed by atoms with van der Waals surface area (Å²) in [7, 11) is 0. The van der Waals surface area contributed by atoms with Crippen LogP contribution < -0.4 is 0 Å². The Morgan fingerprint density at radius 1 is 1.14 bits per heavy atom. The molecule has 1 nitrogen and oxygen atoms in total. The van der Waals surface area contributed by atoms with Gasteiger partial charge in [0.2, 0.25) is 0 Å². The highest BCUT2D eigenvalue weighted by atomic mass is 15.2. The van der Waals surface area contributed by atoms with Crippen LogP contribution in [0, 0.1) is 5.41 Å². The first-order chi connectivity index (χ1) is 6.53. The summed E-state index contributed by atoms with van der Waals surface area (Å²) in [5.74, 6) is 0. The standard InChI is InChI=1S/C13H27N/c1-5-10-14(12-7-6-8-12)11-9-13(2,3)4/h12H,5-11H2,1-4H3. The lowest BCUT2D eigenvalue weighted by Crippen LogP contribution is -2.42. The topological polar surface area (TPSA) is 3.24 Å². The van der Waals surface area contributed by atoms with Gasteiger partial charge in [0.05, 0.1) is 0 Å². The zero-order valence-corrected chi connectivity index (χ0v) is 10.5. The molecule has 0 spiro atoms. The van der Waals surface area contributed by atoms with Crippen LogP contribution in [-0.2, 0) is 0 Å². The molecule has 14 heavy (non-hydrogen) atoms. The monoisotopic (exact) mass is 197 g/mol. The van der Waals surface area contributed by atoms with E-state index in [4.69, 9.17) is 0 Å². The molecule has 0 aliphatic heterocycles. The average molecular weight is 197 g/mol. The van der Waals surface area contributed by atoms with Crippen molar-refractivity contribution in [3.05, 3.63) is 0 Å². The first-order valence-electron chi connectivity index (χ1n) is 6.27. The van der Waals surface area contributed by atoms with Crippen molar-refractivity contribution in [2.75, 3.05) is 13.1 Å². The van der Waals surface area contributed by atoms with Gasteiger partial charge in [0, 0.05) is 6.04 Å². The second kappa shape index (κ2) is 5.16. The van der Waals surface area contributed by atoms with Crippen molar-refractivity contribution in [1.82, 2.24) is 4.90 Å². The van der Waals surface area contributed by atoms with Gasteiger partial charge < -0.3 is 4.90 Å². The summed E-state index contributed by atoms with van der Waals surface area (Å²) in [6.07, 6.45) is 7.00. The van der Waals surface area contributed by atoms with Gasteiger partial charge in [-0.25, -0.2) is 0 Å². The summed E-state index contributed by atoms with van der Waals surface area (Å²) in [5, 5.41) is 0. The van der Waals surface area contributed by atoms with E-state index in [1.165, 1.54) is 45.2 Å². The highest BCUT2D eigenvalue weighted by Gasteiger charge is 2.24. The smallest absolute Gasteiger partial charge is 0.00952 e. The molecule has 0 aromatic carbocycles. The molecule has 0 radical (unpaired) electrons. The average Bonchev–Trinajstić information content (AvgIpc) is 1.95. The van der Waals surface area contributed by atoms with E-state index in [1.54, 1.807) is 0 Å². The maximum atomic E-state index is 2.72. The van der Waals surface area contributed by atoms with E-state index < -0.39 is 0 Å². The molecule has 0 aromatic rings. The minimum absolute atomic E-state index is 0.496. The summed E-state index contributed by atoms with van der Waals surface area (Å²) < 4.78 is 0. The van der Waals surface area contributed by atoms with Crippen LogP contribution in [0.1, 0.15) is 59.8 Å². The van der Waals surface area contributed by atoms with E-state index in [1.807, 2.05) is 0 Å². The summed E-state index contributed by atoms with van der Waals surface area (Å²) in [4.78, 5) is 2.72. The fourth-order valence-corrected chi connectivity index (χ4v) is 2.00. The Hall–Kier alpha value is -0.0400. The summed E-state index contributed by atoms with van der Waals surface area (Å²) in [6.45, 7) is 11.9. The van der Waals surface area contributed by atoms with Crippen molar-refractivity contribution in [1.29, 1.82) is 0 Å². The molecule has 1 aliphatic rings. The van der Waals surface area contributed by atoms with Gasteiger partial charge in [0.25, 0.3) is 0 Å².